The summed E-state index contributed by atoms with van der Waals surface area (Å²) in [4.78, 5) is 4.19. The number of hydrogen-bond acceptors (Lipinski definition) is 4. The van der Waals surface area contributed by atoms with E-state index < -0.39 is 0 Å². The molecule has 0 amide bonds. The Morgan fingerprint density at radius 2 is 2.11 bits per heavy atom. The molecule has 0 spiro atoms. The van der Waals surface area contributed by atoms with Crippen molar-refractivity contribution in [3.63, 3.8) is 0 Å². The summed E-state index contributed by atoms with van der Waals surface area (Å²) >= 11 is 0. The van der Waals surface area contributed by atoms with Gasteiger partial charge in [-0.05, 0) is 11.6 Å². The Morgan fingerprint density at radius 1 is 1.22 bits per heavy atom. The molecule has 18 heavy (non-hydrogen) atoms. The van der Waals surface area contributed by atoms with E-state index in [4.69, 9.17) is 5.73 Å². The zero-order valence-corrected chi connectivity index (χ0v) is 9.61. The van der Waals surface area contributed by atoms with Crippen LogP contribution < -0.4 is 5.73 Å². The molecular weight excluding hydrogens is 228 g/mol. The highest BCUT2D eigenvalue weighted by molar-refractivity contribution is 5.66. The van der Waals surface area contributed by atoms with Crippen LogP contribution in [0.4, 0.5) is 5.82 Å². The first-order valence-corrected chi connectivity index (χ1v) is 5.58. The Balaban J connectivity index is 2.26. The lowest BCUT2D eigenvalue weighted by atomic mass is 10.1. The van der Waals surface area contributed by atoms with Crippen molar-refractivity contribution in [3.05, 3.63) is 48.2 Å². The maximum Gasteiger partial charge on any atom is 0.158 e. The number of rotatable bonds is 2. The van der Waals surface area contributed by atoms with Gasteiger partial charge in [0.2, 0.25) is 0 Å². The highest BCUT2D eigenvalue weighted by Crippen LogP contribution is 2.22. The van der Waals surface area contributed by atoms with E-state index >= 15 is 0 Å². The molecule has 3 N–H and O–H groups in total. The number of benzene rings is 1. The molecule has 0 unspecified atom stereocenters. The van der Waals surface area contributed by atoms with E-state index in [2.05, 4.69) is 10.1 Å². The number of aliphatic hydroxyl groups is 1. The van der Waals surface area contributed by atoms with E-state index in [1.807, 2.05) is 24.3 Å². The predicted octanol–water partition coefficient (Wildman–Crippen LogP) is 1.47. The standard InChI is InChI=1S/C13H12N4O/c14-12-7-11(17-13(16-12)4-5-15-17)10-3-1-2-9(6-10)8-18/h1-7,18H,8H2,(H2,14,16). The van der Waals surface area contributed by atoms with E-state index in [1.54, 1.807) is 22.8 Å². The topological polar surface area (TPSA) is 76.4 Å². The zero-order chi connectivity index (χ0) is 12.5. The van der Waals surface area contributed by atoms with Crippen molar-refractivity contribution in [3.8, 4) is 11.3 Å². The zero-order valence-electron chi connectivity index (χ0n) is 9.61. The van der Waals surface area contributed by atoms with Crippen molar-refractivity contribution in [1.29, 1.82) is 0 Å². The molecule has 5 nitrogen and oxygen atoms in total. The molecule has 0 fully saturated rings. The van der Waals surface area contributed by atoms with Crippen LogP contribution in [0.3, 0.4) is 0 Å². The number of hydrogen-bond donors (Lipinski definition) is 2. The number of anilines is 1. The van der Waals surface area contributed by atoms with E-state index in [0.29, 0.717) is 11.5 Å². The maximum atomic E-state index is 9.18. The summed E-state index contributed by atoms with van der Waals surface area (Å²) < 4.78 is 1.73. The van der Waals surface area contributed by atoms with E-state index in [-0.39, 0.29) is 6.61 Å². The lowest BCUT2D eigenvalue weighted by molar-refractivity contribution is 0.282. The molecule has 2 aromatic heterocycles. The molecular formula is C13H12N4O. The fraction of sp³-hybridized carbons (Fsp3) is 0.0769. The maximum absolute atomic E-state index is 9.18. The van der Waals surface area contributed by atoms with Crippen molar-refractivity contribution in [2.24, 2.45) is 0 Å². The van der Waals surface area contributed by atoms with Gasteiger partial charge >= 0.3 is 0 Å². The van der Waals surface area contributed by atoms with Crippen molar-refractivity contribution < 1.29 is 5.11 Å². The second-order valence-electron chi connectivity index (χ2n) is 4.03. The van der Waals surface area contributed by atoms with Gasteiger partial charge in [0.05, 0.1) is 18.5 Å². The van der Waals surface area contributed by atoms with Gasteiger partial charge in [-0.2, -0.15) is 5.10 Å². The minimum Gasteiger partial charge on any atom is -0.392 e. The van der Waals surface area contributed by atoms with Crippen LogP contribution in [-0.2, 0) is 6.61 Å². The van der Waals surface area contributed by atoms with Crippen LogP contribution in [0.2, 0.25) is 0 Å². The Morgan fingerprint density at radius 3 is 2.94 bits per heavy atom. The van der Waals surface area contributed by atoms with Crippen molar-refractivity contribution in [1.82, 2.24) is 14.6 Å². The Bertz CT molecular complexity index is 705. The number of nitrogens with two attached hydrogens (primary N) is 1. The van der Waals surface area contributed by atoms with Crippen LogP contribution >= 0.6 is 0 Å². The molecule has 90 valence electrons. The molecule has 0 bridgehead atoms. The van der Waals surface area contributed by atoms with Crippen LogP contribution in [0.15, 0.2) is 42.6 Å². The summed E-state index contributed by atoms with van der Waals surface area (Å²) in [6.07, 6.45) is 1.68. The average molecular weight is 240 g/mol. The van der Waals surface area contributed by atoms with Gasteiger partial charge in [0.15, 0.2) is 5.65 Å². The average Bonchev–Trinajstić information content (AvgIpc) is 2.85. The normalized spacial score (nSPS) is 10.9. The molecule has 5 heteroatoms. The molecule has 0 aliphatic rings. The van der Waals surface area contributed by atoms with E-state index in [9.17, 15) is 5.11 Å². The van der Waals surface area contributed by atoms with Gasteiger partial charge in [-0.3, -0.25) is 0 Å². The first-order valence-electron chi connectivity index (χ1n) is 5.58. The SMILES string of the molecule is Nc1cc(-c2cccc(CO)c2)n2nccc2n1. The van der Waals surface area contributed by atoms with Crippen LogP contribution in [0.5, 0.6) is 0 Å². The Labute approximate surface area is 104 Å². The Hall–Kier alpha value is -2.40. The number of nitrogens with zero attached hydrogens (tertiary/aromatic N) is 3. The van der Waals surface area contributed by atoms with Gasteiger partial charge in [-0.1, -0.05) is 18.2 Å². The third kappa shape index (κ3) is 1.70. The molecule has 0 atom stereocenters. The lowest BCUT2D eigenvalue weighted by Crippen LogP contribution is -2.00. The number of nitrogen functional groups attached to an aromatic ring is 1. The van der Waals surface area contributed by atoms with E-state index in [0.717, 1.165) is 16.8 Å². The quantitative estimate of drug-likeness (QED) is 0.711. The van der Waals surface area contributed by atoms with Crippen LogP contribution in [0.25, 0.3) is 16.9 Å². The van der Waals surface area contributed by atoms with Crippen molar-refractivity contribution in [2.45, 2.75) is 6.61 Å². The summed E-state index contributed by atoms with van der Waals surface area (Å²) in [6, 6.07) is 11.2. The van der Waals surface area contributed by atoms with Gasteiger partial charge < -0.3 is 10.8 Å². The highest BCUT2D eigenvalue weighted by Gasteiger charge is 2.07. The summed E-state index contributed by atoms with van der Waals surface area (Å²) in [5.41, 5.74) is 9.16. The Kier molecular flexibility index (Phi) is 2.46. The minimum atomic E-state index is 0.0106. The monoisotopic (exact) mass is 240 g/mol. The fourth-order valence-corrected chi connectivity index (χ4v) is 1.97. The van der Waals surface area contributed by atoms with E-state index in [1.165, 1.54) is 0 Å². The second-order valence-corrected chi connectivity index (χ2v) is 4.03. The summed E-state index contributed by atoms with van der Waals surface area (Å²) in [6.45, 7) is 0.0106. The smallest absolute Gasteiger partial charge is 0.158 e. The molecule has 0 radical (unpaired) electrons. The minimum absolute atomic E-state index is 0.0106. The fourth-order valence-electron chi connectivity index (χ4n) is 1.97. The van der Waals surface area contributed by atoms with Gasteiger partial charge in [-0.25, -0.2) is 9.50 Å². The van der Waals surface area contributed by atoms with Gasteiger partial charge in [0, 0.05) is 17.7 Å². The predicted molar refractivity (Wildman–Crippen MR) is 68.8 cm³/mol. The number of aliphatic hydroxyl groups excluding tert-OH is 1. The first kappa shape index (κ1) is 10.7. The molecule has 3 rings (SSSR count). The summed E-state index contributed by atoms with van der Waals surface area (Å²) in [7, 11) is 0. The van der Waals surface area contributed by atoms with Crippen LogP contribution in [0.1, 0.15) is 5.56 Å². The van der Waals surface area contributed by atoms with Crippen LogP contribution in [0, 0.1) is 0 Å². The third-order valence-corrected chi connectivity index (χ3v) is 2.78. The van der Waals surface area contributed by atoms with Gasteiger partial charge in [0.25, 0.3) is 0 Å². The number of aromatic nitrogens is 3. The van der Waals surface area contributed by atoms with Gasteiger partial charge in [-0.15, -0.1) is 0 Å². The highest BCUT2D eigenvalue weighted by atomic mass is 16.3. The molecule has 0 aliphatic carbocycles. The van der Waals surface area contributed by atoms with Crippen molar-refractivity contribution in [2.75, 3.05) is 5.73 Å². The summed E-state index contributed by atoms with van der Waals surface area (Å²) in [5.74, 6) is 0.451. The first-order chi connectivity index (χ1) is 8.78. The van der Waals surface area contributed by atoms with Gasteiger partial charge in [0.1, 0.15) is 5.82 Å². The summed E-state index contributed by atoms with van der Waals surface area (Å²) in [5, 5.41) is 13.4. The molecule has 0 saturated carbocycles. The molecule has 0 aliphatic heterocycles. The lowest BCUT2D eigenvalue weighted by Gasteiger charge is -2.07. The number of fused-ring (bicyclic) bond motifs is 1. The molecule has 0 saturated heterocycles. The largest absolute Gasteiger partial charge is 0.392 e. The van der Waals surface area contributed by atoms with Crippen molar-refractivity contribution >= 4 is 11.5 Å². The second kappa shape index (κ2) is 4.12. The van der Waals surface area contributed by atoms with Crippen LogP contribution in [-0.4, -0.2) is 19.7 Å². The molecule has 1 aromatic carbocycles. The third-order valence-electron chi connectivity index (χ3n) is 2.78. The molecule has 3 aromatic rings. The molecule has 2 heterocycles.